The van der Waals surface area contributed by atoms with Crippen molar-refractivity contribution in [2.45, 2.75) is 37.8 Å². The van der Waals surface area contributed by atoms with Crippen molar-refractivity contribution in [1.82, 2.24) is 5.32 Å². The van der Waals surface area contributed by atoms with E-state index in [0.29, 0.717) is 11.5 Å². The fraction of sp³-hybridized carbons (Fsp3) is 0.333. The molecule has 1 N–H and O–H groups in total. The maximum absolute atomic E-state index is 12.6. The summed E-state index contributed by atoms with van der Waals surface area (Å²) in [5.41, 5.74) is 2.52. The maximum Gasteiger partial charge on any atom is 0.339 e. The van der Waals surface area contributed by atoms with Crippen molar-refractivity contribution >= 4 is 11.9 Å². The van der Waals surface area contributed by atoms with Gasteiger partial charge < -0.3 is 10.1 Å². The zero-order chi connectivity index (χ0) is 17.2. The largest absolute Gasteiger partial charge is 0.453 e. The smallest absolute Gasteiger partial charge is 0.339 e. The Hall–Kier alpha value is -2.62. The van der Waals surface area contributed by atoms with E-state index in [1.165, 1.54) is 6.42 Å². The molecule has 1 aliphatic carbocycles. The van der Waals surface area contributed by atoms with E-state index in [1.807, 2.05) is 36.4 Å². The molecule has 4 nitrogen and oxygen atoms in total. The van der Waals surface area contributed by atoms with Crippen LogP contribution in [0.25, 0.3) is 0 Å². The topological polar surface area (TPSA) is 55.4 Å². The van der Waals surface area contributed by atoms with E-state index in [0.717, 1.165) is 24.0 Å². The summed E-state index contributed by atoms with van der Waals surface area (Å²) >= 11 is 0. The maximum atomic E-state index is 12.6. The lowest BCUT2D eigenvalue weighted by atomic mass is 9.77. The molecule has 0 aromatic heterocycles. The lowest BCUT2D eigenvalue weighted by Gasteiger charge is -2.34. The van der Waals surface area contributed by atoms with Gasteiger partial charge in [0.2, 0.25) is 5.91 Å². The number of nitrogens with one attached hydrogen (secondary N) is 1. The molecule has 0 bridgehead atoms. The van der Waals surface area contributed by atoms with Crippen LogP contribution in [0.1, 0.15) is 59.3 Å². The number of cyclic esters (lactones) is 1. The minimum Gasteiger partial charge on any atom is -0.453 e. The number of hydrogen-bond acceptors (Lipinski definition) is 3. The number of benzene rings is 2. The monoisotopic (exact) mass is 335 g/mol. The fourth-order valence-corrected chi connectivity index (χ4v) is 3.68. The van der Waals surface area contributed by atoms with Gasteiger partial charge in [-0.25, -0.2) is 4.79 Å². The fourth-order valence-electron chi connectivity index (χ4n) is 3.68. The van der Waals surface area contributed by atoms with Crippen molar-refractivity contribution in [3.8, 4) is 0 Å². The predicted octanol–water partition coefficient (Wildman–Crippen LogP) is 3.95. The summed E-state index contributed by atoms with van der Waals surface area (Å²) < 4.78 is 5.39. The van der Waals surface area contributed by atoms with E-state index in [4.69, 9.17) is 4.74 Å². The van der Waals surface area contributed by atoms with Crippen LogP contribution in [0.5, 0.6) is 0 Å². The molecule has 2 aromatic rings. The Kier molecular flexibility index (Phi) is 4.26. The minimum absolute atomic E-state index is 0.0369. The Labute approximate surface area is 147 Å². The number of carbonyl (C=O) groups excluding carboxylic acids is 2. The van der Waals surface area contributed by atoms with Crippen molar-refractivity contribution in [2.24, 2.45) is 5.92 Å². The molecule has 1 aliphatic heterocycles. The second-order valence-corrected chi connectivity index (χ2v) is 6.83. The quantitative estimate of drug-likeness (QED) is 0.842. The van der Waals surface area contributed by atoms with Gasteiger partial charge in [-0.1, -0.05) is 55.0 Å². The SMILES string of the molecule is O=C(C[C@@H]1OC(=O)c2ccccc21)N[C@H](c1ccccc1)C1CCC1. The highest BCUT2D eigenvalue weighted by atomic mass is 16.5. The van der Waals surface area contributed by atoms with Gasteiger partial charge in [0.25, 0.3) is 0 Å². The zero-order valence-electron chi connectivity index (χ0n) is 14.0. The van der Waals surface area contributed by atoms with Crippen LogP contribution in [0.4, 0.5) is 0 Å². The Morgan fingerprint density at radius 3 is 2.52 bits per heavy atom. The van der Waals surface area contributed by atoms with Crippen LogP contribution in [-0.4, -0.2) is 11.9 Å². The molecule has 2 aliphatic rings. The van der Waals surface area contributed by atoms with Gasteiger partial charge in [0.1, 0.15) is 6.10 Å². The molecule has 1 heterocycles. The van der Waals surface area contributed by atoms with Crippen LogP contribution in [-0.2, 0) is 9.53 Å². The molecule has 0 unspecified atom stereocenters. The van der Waals surface area contributed by atoms with Crippen LogP contribution >= 0.6 is 0 Å². The molecule has 4 rings (SSSR count). The van der Waals surface area contributed by atoms with E-state index in [2.05, 4.69) is 17.4 Å². The Bertz CT molecular complexity index is 783. The highest BCUT2D eigenvalue weighted by Gasteiger charge is 2.34. The van der Waals surface area contributed by atoms with Crippen molar-refractivity contribution in [3.63, 3.8) is 0 Å². The van der Waals surface area contributed by atoms with Gasteiger partial charge in [-0.05, 0) is 30.4 Å². The van der Waals surface area contributed by atoms with Gasteiger partial charge >= 0.3 is 5.97 Å². The number of ether oxygens (including phenoxy) is 1. The Morgan fingerprint density at radius 2 is 1.80 bits per heavy atom. The molecule has 2 aromatic carbocycles. The highest BCUT2D eigenvalue weighted by Crippen LogP contribution is 2.38. The van der Waals surface area contributed by atoms with E-state index >= 15 is 0 Å². The van der Waals surface area contributed by atoms with Gasteiger partial charge in [0, 0.05) is 5.56 Å². The van der Waals surface area contributed by atoms with Crippen molar-refractivity contribution in [3.05, 3.63) is 71.3 Å². The number of fused-ring (bicyclic) bond motifs is 1. The normalized spacial score (nSPS) is 20.3. The average molecular weight is 335 g/mol. The standard InChI is InChI=1S/C21H21NO3/c23-19(13-18-16-11-4-5-12-17(16)21(24)25-18)22-20(15-9-6-10-15)14-7-2-1-3-8-14/h1-5,7-8,11-12,15,18,20H,6,9-10,13H2,(H,22,23)/t18-,20+/m0/s1. The van der Waals surface area contributed by atoms with Crippen molar-refractivity contribution < 1.29 is 14.3 Å². The van der Waals surface area contributed by atoms with Crippen molar-refractivity contribution in [1.29, 1.82) is 0 Å². The van der Waals surface area contributed by atoms with E-state index in [-0.39, 0.29) is 24.3 Å². The third-order valence-corrected chi connectivity index (χ3v) is 5.24. The summed E-state index contributed by atoms with van der Waals surface area (Å²) in [6.07, 6.45) is 3.18. The number of esters is 1. The second kappa shape index (κ2) is 6.71. The van der Waals surface area contributed by atoms with Gasteiger partial charge in [-0.2, -0.15) is 0 Å². The first-order valence-corrected chi connectivity index (χ1v) is 8.86. The van der Waals surface area contributed by atoms with Crippen LogP contribution < -0.4 is 5.32 Å². The van der Waals surface area contributed by atoms with Gasteiger partial charge in [0.05, 0.1) is 18.0 Å². The third kappa shape index (κ3) is 3.16. The molecule has 0 saturated heterocycles. The van der Waals surface area contributed by atoms with Crippen LogP contribution in [0.2, 0.25) is 0 Å². The lowest BCUT2D eigenvalue weighted by Crippen LogP contribution is -2.36. The predicted molar refractivity (Wildman–Crippen MR) is 93.9 cm³/mol. The highest BCUT2D eigenvalue weighted by molar-refractivity contribution is 5.94. The molecule has 128 valence electrons. The van der Waals surface area contributed by atoms with Crippen LogP contribution in [0.15, 0.2) is 54.6 Å². The molecule has 0 radical (unpaired) electrons. The molecule has 1 saturated carbocycles. The first kappa shape index (κ1) is 15.9. The summed E-state index contributed by atoms with van der Waals surface area (Å²) in [5, 5.41) is 3.18. The molecule has 1 amide bonds. The summed E-state index contributed by atoms with van der Waals surface area (Å²) in [6, 6.07) is 17.4. The summed E-state index contributed by atoms with van der Waals surface area (Å²) in [4.78, 5) is 24.6. The molecule has 0 spiro atoms. The van der Waals surface area contributed by atoms with E-state index in [1.54, 1.807) is 6.07 Å². The zero-order valence-corrected chi connectivity index (χ0v) is 14.0. The Morgan fingerprint density at radius 1 is 1.08 bits per heavy atom. The molecule has 1 fully saturated rings. The molecular weight excluding hydrogens is 314 g/mol. The van der Waals surface area contributed by atoms with Gasteiger partial charge in [-0.15, -0.1) is 0 Å². The molecular formula is C21H21NO3. The molecule has 25 heavy (non-hydrogen) atoms. The first-order chi connectivity index (χ1) is 12.2. The summed E-state index contributed by atoms with van der Waals surface area (Å²) in [7, 11) is 0. The van der Waals surface area contributed by atoms with Crippen LogP contribution in [0, 0.1) is 5.92 Å². The Balaban J connectivity index is 1.47. The van der Waals surface area contributed by atoms with Crippen LogP contribution in [0.3, 0.4) is 0 Å². The summed E-state index contributed by atoms with van der Waals surface area (Å²) in [5.74, 6) is 0.0759. The average Bonchev–Trinajstić information content (AvgIpc) is 2.90. The molecule has 2 atom stereocenters. The molecule has 4 heteroatoms. The second-order valence-electron chi connectivity index (χ2n) is 6.83. The summed E-state index contributed by atoms with van der Waals surface area (Å²) in [6.45, 7) is 0. The number of hydrogen-bond donors (Lipinski definition) is 1. The number of rotatable bonds is 5. The van der Waals surface area contributed by atoms with Gasteiger partial charge in [-0.3, -0.25) is 4.79 Å². The number of carbonyl (C=O) groups is 2. The number of amides is 1. The van der Waals surface area contributed by atoms with Crippen molar-refractivity contribution in [2.75, 3.05) is 0 Å². The van der Waals surface area contributed by atoms with Gasteiger partial charge in [0.15, 0.2) is 0 Å². The third-order valence-electron chi connectivity index (χ3n) is 5.24. The minimum atomic E-state index is -0.485. The first-order valence-electron chi connectivity index (χ1n) is 8.86. The van der Waals surface area contributed by atoms with E-state index in [9.17, 15) is 9.59 Å². The van der Waals surface area contributed by atoms with E-state index < -0.39 is 6.10 Å². The lowest BCUT2D eigenvalue weighted by molar-refractivity contribution is -0.124.